The van der Waals surface area contributed by atoms with Crippen molar-refractivity contribution in [2.24, 2.45) is 0 Å². The van der Waals surface area contributed by atoms with Crippen LogP contribution in [-0.4, -0.2) is 41.9 Å². The molecule has 1 aromatic carbocycles. The van der Waals surface area contributed by atoms with Gasteiger partial charge in [0, 0.05) is 6.04 Å². The first-order chi connectivity index (χ1) is 10.1. The minimum atomic E-state index is -0.484. The summed E-state index contributed by atoms with van der Waals surface area (Å²) >= 11 is 0. The van der Waals surface area contributed by atoms with E-state index in [0.717, 1.165) is 19.4 Å². The highest BCUT2D eigenvalue weighted by molar-refractivity contribution is 5.89. The SMILES string of the molecule is CC(C)N(CC(=O)[C@@H]1CCCN1)C(=O)Oc1ccccc1. The Morgan fingerprint density at radius 1 is 1.33 bits per heavy atom. The summed E-state index contributed by atoms with van der Waals surface area (Å²) in [6.07, 6.45) is 1.37. The molecule has 0 radical (unpaired) electrons. The number of Topliss-reactive ketones (excluding diaryl/α,β-unsaturated/α-hetero) is 1. The van der Waals surface area contributed by atoms with Crippen LogP contribution in [0.1, 0.15) is 26.7 Å². The first-order valence-corrected chi connectivity index (χ1v) is 7.37. The Hall–Kier alpha value is -1.88. The summed E-state index contributed by atoms with van der Waals surface area (Å²) in [5.74, 6) is 0.533. The Labute approximate surface area is 125 Å². The molecule has 0 unspecified atom stereocenters. The molecule has 5 nitrogen and oxygen atoms in total. The number of nitrogens with one attached hydrogen (secondary N) is 1. The average Bonchev–Trinajstić information content (AvgIpc) is 2.99. The molecule has 0 bridgehead atoms. The van der Waals surface area contributed by atoms with Crippen molar-refractivity contribution in [1.29, 1.82) is 0 Å². The summed E-state index contributed by atoms with van der Waals surface area (Å²) in [7, 11) is 0. The highest BCUT2D eigenvalue weighted by Gasteiger charge is 2.28. The van der Waals surface area contributed by atoms with Crippen LogP contribution in [0.3, 0.4) is 0 Å². The lowest BCUT2D eigenvalue weighted by atomic mass is 10.1. The number of rotatable bonds is 5. The summed E-state index contributed by atoms with van der Waals surface area (Å²) in [6.45, 7) is 4.71. The fraction of sp³-hybridized carbons (Fsp3) is 0.500. The number of amides is 1. The number of hydrogen-bond acceptors (Lipinski definition) is 4. The Bertz CT molecular complexity index is 482. The molecule has 2 rings (SSSR count). The van der Waals surface area contributed by atoms with Crippen LogP contribution in [0.25, 0.3) is 0 Å². The number of ketones is 1. The fourth-order valence-electron chi connectivity index (χ4n) is 2.34. The van der Waals surface area contributed by atoms with Crippen molar-refractivity contribution in [3.05, 3.63) is 30.3 Å². The lowest BCUT2D eigenvalue weighted by molar-refractivity contribution is -0.121. The quantitative estimate of drug-likeness (QED) is 0.903. The molecular formula is C16H22N2O3. The normalized spacial score (nSPS) is 17.8. The predicted molar refractivity (Wildman–Crippen MR) is 80.3 cm³/mol. The molecule has 1 fully saturated rings. The van der Waals surface area contributed by atoms with Gasteiger partial charge in [0.15, 0.2) is 5.78 Å². The van der Waals surface area contributed by atoms with Gasteiger partial charge in [-0.3, -0.25) is 9.69 Å². The van der Waals surface area contributed by atoms with Gasteiger partial charge in [0.05, 0.1) is 12.6 Å². The van der Waals surface area contributed by atoms with E-state index in [-0.39, 0.29) is 24.4 Å². The Kier molecular flexibility index (Phi) is 5.33. The van der Waals surface area contributed by atoms with Gasteiger partial charge >= 0.3 is 6.09 Å². The van der Waals surface area contributed by atoms with E-state index in [4.69, 9.17) is 4.74 Å². The zero-order valence-electron chi connectivity index (χ0n) is 12.5. The Balaban J connectivity index is 1.97. The van der Waals surface area contributed by atoms with Crippen molar-refractivity contribution in [2.45, 2.75) is 38.8 Å². The van der Waals surface area contributed by atoms with Crippen molar-refractivity contribution in [3.8, 4) is 5.75 Å². The maximum absolute atomic E-state index is 12.2. The standard InChI is InChI=1S/C16H22N2O3/c1-12(2)18(11-15(19)14-9-6-10-17-14)16(20)21-13-7-4-3-5-8-13/h3-5,7-8,12,14,17H,6,9-11H2,1-2H3/t14-/m0/s1. The number of ether oxygens (including phenoxy) is 1. The fourth-order valence-corrected chi connectivity index (χ4v) is 2.34. The minimum absolute atomic E-state index is 0.0474. The largest absolute Gasteiger partial charge is 0.415 e. The van der Waals surface area contributed by atoms with Crippen LogP contribution in [0.5, 0.6) is 5.75 Å². The zero-order valence-corrected chi connectivity index (χ0v) is 12.5. The molecule has 1 saturated heterocycles. The number of hydrogen-bond donors (Lipinski definition) is 1. The average molecular weight is 290 g/mol. The molecule has 0 aromatic heterocycles. The van der Waals surface area contributed by atoms with E-state index in [1.165, 1.54) is 4.90 Å². The molecule has 0 spiro atoms. The smallest absolute Gasteiger partial charge is 0.410 e. The monoisotopic (exact) mass is 290 g/mol. The zero-order chi connectivity index (χ0) is 15.2. The third-order valence-corrected chi connectivity index (χ3v) is 3.58. The van der Waals surface area contributed by atoms with E-state index >= 15 is 0 Å². The molecule has 1 amide bonds. The highest BCUT2D eigenvalue weighted by Crippen LogP contribution is 2.13. The molecule has 5 heteroatoms. The Morgan fingerprint density at radius 2 is 2.05 bits per heavy atom. The number of benzene rings is 1. The summed E-state index contributed by atoms with van der Waals surface area (Å²) < 4.78 is 5.32. The molecule has 1 N–H and O–H groups in total. The third-order valence-electron chi connectivity index (χ3n) is 3.58. The van der Waals surface area contributed by atoms with Crippen LogP contribution in [0.15, 0.2) is 30.3 Å². The molecule has 1 aliphatic rings. The molecule has 21 heavy (non-hydrogen) atoms. The number of carbonyl (C=O) groups excluding carboxylic acids is 2. The minimum Gasteiger partial charge on any atom is -0.410 e. The lowest BCUT2D eigenvalue weighted by Crippen LogP contribution is -2.46. The number of nitrogens with zero attached hydrogens (tertiary/aromatic N) is 1. The third kappa shape index (κ3) is 4.29. The van der Waals surface area contributed by atoms with Crippen molar-refractivity contribution < 1.29 is 14.3 Å². The van der Waals surface area contributed by atoms with Gasteiger partial charge in [-0.1, -0.05) is 18.2 Å². The first-order valence-electron chi connectivity index (χ1n) is 7.37. The van der Waals surface area contributed by atoms with Gasteiger partial charge in [0.2, 0.25) is 0 Å². The van der Waals surface area contributed by atoms with Gasteiger partial charge in [-0.15, -0.1) is 0 Å². The lowest BCUT2D eigenvalue weighted by Gasteiger charge is -2.26. The predicted octanol–water partition coefficient (Wildman–Crippen LogP) is 2.22. The number of para-hydroxylation sites is 1. The van der Waals surface area contributed by atoms with E-state index in [1.54, 1.807) is 24.3 Å². The van der Waals surface area contributed by atoms with Gasteiger partial charge < -0.3 is 10.1 Å². The summed E-state index contributed by atoms with van der Waals surface area (Å²) in [5.41, 5.74) is 0. The van der Waals surface area contributed by atoms with Gasteiger partial charge in [0.25, 0.3) is 0 Å². The maximum atomic E-state index is 12.2. The van der Waals surface area contributed by atoms with E-state index in [0.29, 0.717) is 5.75 Å². The molecule has 0 aliphatic carbocycles. The van der Waals surface area contributed by atoms with E-state index in [9.17, 15) is 9.59 Å². The van der Waals surface area contributed by atoms with Crippen molar-refractivity contribution >= 4 is 11.9 Å². The second-order valence-corrected chi connectivity index (χ2v) is 5.52. The van der Waals surface area contributed by atoms with Crippen LogP contribution in [0, 0.1) is 0 Å². The second kappa shape index (κ2) is 7.22. The number of carbonyl (C=O) groups is 2. The molecule has 0 saturated carbocycles. The van der Waals surface area contributed by atoms with E-state index in [1.807, 2.05) is 19.9 Å². The van der Waals surface area contributed by atoms with E-state index in [2.05, 4.69) is 5.32 Å². The van der Waals surface area contributed by atoms with Crippen LogP contribution in [-0.2, 0) is 4.79 Å². The highest BCUT2D eigenvalue weighted by atomic mass is 16.6. The Morgan fingerprint density at radius 3 is 2.62 bits per heavy atom. The molecule has 1 atom stereocenters. The van der Waals surface area contributed by atoms with Crippen molar-refractivity contribution in [2.75, 3.05) is 13.1 Å². The van der Waals surface area contributed by atoms with Crippen LogP contribution in [0.4, 0.5) is 4.79 Å². The van der Waals surface area contributed by atoms with Crippen molar-refractivity contribution in [1.82, 2.24) is 10.2 Å². The second-order valence-electron chi connectivity index (χ2n) is 5.52. The van der Waals surface area contributed by atoms with Gasteiger partial charge in [-0.25, -0.2) is 4.79 Å². The van der Waals surface area contributed by atoms with Gasteiger partial charge in [0.1, 0.15) is 5.75 Å². The van der Waals surface area contributed by atoms with E-state index < -0.39 is 6.09 Å². The topological polar surface area (TPSA) is 58.6 Å². The summed E-state index contributed by atoms with van der Waals surface area (Å²) in [6, 6.07) is 8.67. The molecule has 1 aliphatic heterocycles. The van der Waals surface area contributed by atoms with Crippen LogP contribution < -0.4 is 10.1 Å². The molecule has 114 valence electrons. The first kappa shape index (κ1) is 15.5. The summed E-state index contributed by atoms with van der Waals surface area (Å²) in [5, 5.41) is 3.16. The maximum Gasteiger partial charge on any atom is 0.415 e. The van der Waals surface area contributed by atoms with Gasteiger partial charge in [-0.2, -0.15) is 0 Å². The van der Waals surface area contributed by atoms with Crippen LogP contribution >= 0.6 is 0 Å². The van der Waals surface area contributed by atoms with Gasteiger partial charge in [-0.05, 0) is 45.4 Å². The van der Waals surface area contributed by atoms with Crippen molar-refractivity contribution in [3.63, 3.8) is 0 Å². The molecular weight excluding hydrogens is 268 g/mol. The molecule has 1 heterocycles. The van der Waals surface area contributed by atoms with Crippen LogP contribution in [0.2, 0.25) is 0 Å². The summed E-state index contributed by atoms with van der Waals surface area (Å²) in [4.78, 5) is 25.9. The molecule has 1 aromatic rings.